The minimum atomic E-state index is -0.315. The van der Waals surface area contributed by atoms with Crippen molar-refractivity contribution in [2.75, 3.05) is 4.90 Å². The topological polar surface area (TPSA) is 71.0 Å². The average Bonchev–Trinajstić information content (AvgIpc) is 3.07. The first-order valence-electron chi connectivity index (χ1n) is 8.25. The van der Waals surface area contributed by atoms with Crippen LogP contribution in [0.25, 0.3) is 0 Å². The fraction of sp³-hybridized carbons (Fsp3) is 0.471. The van der Waals surface area contributed by atoms with Crippen LogP contribution in [0.2, 0.25) is 0 Å². The first kappa shape index (κ1) is 16.8. The van der Waals surface area contributed by atoms with Gasteiger partial charge in [0.25, 0.3) is 0 Å². The van der Waals surface area contributed by atoms with Gasteiger partial charge in [-0.15, -0.1) is 5.10 Å². The number of nitrogens with one attached hydrogen (secondary N) is 1. The third kappa shape index (κ3) is 3.00. The molecule has 1 aliphatic heterocycles. The molecule has 2 aromatic rings. The van der Waals surface area contributed by atoms with E-state index in [0.717, 1.165) is 18.5 Å². The van der Waals surface area contributed by atoms with Crippen LogP contribution in [0, 0.1) is 0 Å². The van der Waals surface area contributed by atoms with Crippen molar-refractivity contribution in [3.8, 4) is 0 Å². The highest BCUT2D eigenvalue weighted by Crippen LogP contribution is 2.34. The van der Waals surface area contributed by atoms with Crippen molar-refractivity contribution in [1.82, 2.24) is 14.8 Å². The van der Waals surface area contributed by atoms with Crippen LogP contribution < -0.4 is 10.6 Å². The number of carbonyl (C=O) groups excluding carboxylic acids is 1. The normalized spacial score (nSPS) is 17.8. The number of para-hydroxylation sites is 1. The number of hydrogen-bond acceptors (Lipinski definition) is 4. The number of thioether (sulfide) groups is 1. The number of amides is 1. The zero-order valence-corrected chi connectivity index (χ0v) is 15.0. The van der Waals surface area contributed by atoms with E-state index in [9.17, 15) is 9.59 Å². The number of fused-ring (bicyclic) bond motifs is 1. The van der Waals surface area contributed by atoms with E-state index in [1.165, 1.54) is 17.3 Å². The van der Waals surface area contributed by atoms with E-state index < -0.39 is 0 Å². The minimum absolute atomic E-state index is 0.0518. The van der Waals surface area contributed by atoms with E-state index in [1.807, 2.05) is 36.9 Å². The van der Waals surface area contributed by atoms with Crippen molar-refractivity contribution in [2.24, 2.45) is 0 Å². The second-order valence-electron chi connectivity index (χ2n) is 6.11. The SMILES string of the molecule is CCCn1c(S[C@H](C)C(=O)N2c3ccccc3C[C@@H]2C)n[nH]c1=O. The van der Waals surface area contributed by atoms with Gasteiger partial charge in [-0.1, -0.05) is 36.9 Å². The van der Waals surface area contributed by atoms with E-state index in [2.05, 4.69) is 23.2 Å². The molecule has 0 aliphatic carbocycles. The van der Waals surface area contributed by atoms with Gasteiger partial charge < -0.3 is 4.90 Å². The second kappa shape index (κ2) is 6.84. The molecule has 1 aliphatic rings. The fourth-order valence-electron chi connectivity index (χ4n) is 3.12. The average molecular weight is 346 g/mol. The molecule has 1 aromatic heterocycles. The van der Waals surface area contributed by atoms with Crippen molar-refractivity contribution >= 4 is 23.4 Å². The molecule has 1 N–H and O–H groups in total. The maximum atomic E-state index is 13.0. The van der Waals surface area contributed by atoms with Crippen LogP contribution in [0.5, 0.6) is 0 Å². The summed E-state index contributed by atoms with van der Waals surface area (Å²) in [6, 6.07) is 8.18. The first-order valence-corrected chi connectivity index (χ1v) is 9.13. The van der Waals surface area contributed by atoms with Gasteiger partial charge in [0.2, 0.25) is 5.91 Å². The molecule has 7 heteroatoms. The molecule has 6 nitrogen and oxygen atoms in total. The monoisotopic (exact) mass is 346 g/mol. The zero-order valence-electron chi connectivity index (χ0n) is 14.2. The first-order chi connectivity index (χ1) is 11.5. The molecule has 0 bridgehead atoms. The molecular weight excluding hydrogens is 324 g/mol. The lowest BCUT2D eigenvalue weighted by Crippen LogP contribution is -2.40. The summed E-state index contributed by atoms with van der Waals surface area (Å²) in [5.74, 6) is 0.0518. The van der Waals surface area contributed by atoms with Gasteiger partial charge >= 0.3 is 5.69 Å². The van der Waals surface area contributed by atoms with Gasteiger partial charge in [0.05, 0.1) is 5.25 Å². The van der Waals surface area contributed by atoms with Gasteiger partial charge in [-0.05, 0) is 38.3 Å². The van der Waals surface area contributed by atoms with Crippen LogP contribution in [0.15, 0.2) is 34.2 Å². The van der Waals surface area contributed by atoms with Gasteiger partial charge in [0, 0.05) is 18.3 Å². The number of hydrogen-bond donors (Lipinski definition) is 1. The number of benzene rings is 1. The third-order valence-electron chi connectivity index (χ3n) is 4.25. The minimum Gasteiger partial charge on any atom is -0.308 e. The summed E-state index contributed by atoms with van der Waals surface area (Å²) >= 11 is 1.33. The number of nitrogens with zero attached hydrogens (tertiary/aromatic N) is 3. The highest BCUT2D eigenvalue weighted by atomic mass is 32.2. The maximum Gasteiger partial charge on any atom is 0.343 e. The molecule has 0 spiro atoms. The highest BCUT2D eigenvalue weighted by Gasteiger charge is 2.33. The second-order valence-corrected chi connectivity index (χ2v) is 7.42. The lowest BCUT2D eigenvalue weighted by atomic mass is 10.1. The van der Waals surface area contributed by atoms with E-state index >= 15 is 0 Å². The molecule has 2 heterocycles. The van der Waals surface area contributed by atoms with Crippen molar-refractivity contribution in [3.63, 3.8) is 0 Å². The number of rotatable bonds is 5. The van der Waals surface area contributed by atoms with Crippen LogP contribution in [-0.4, -0.2) is 32.0 Å². The Morgan fingerprint density at radius 2 is 2.21 bits per heavy atom. The molecule has 2 atom stereocenters. The van der Waals surface area contributed by atoms with Crippen LogP contribution in [0.4, 0.5) is 5.69 Å². The predicted molar refractivity (Wildman–Crippen MR) is 95.6 cm³/mol. The summed E-state index contributed by atoms with van der Waals surface area (Å²) in [6.07, 6.45) is 1.72. The molecule has 0 fully saturated rings. The van der Waals surface area contributed by atoms with Gasteiger partial charge in [0.1, 0.15) is 0 Å². The Morgan fingerprint density at radius 1 is 1.46 bits per heavy atom. The number of anilines is 1. The molecule has 128 valence electrons. The fourth-order valence-corrected chi connectivity index (χ4v) is 4.05. The standard InChI is InChI=1S/C17H22N4O2S/c1-4-9-20-16(23)18-19-17(20)24-12(3)15(22)21-11(2)10-13-7-5-6-8-14(13)21/h5-8,11-12H,4,9-10H2,1-3H3,(H,18,23)/t11-,12+/m0/s1. The van der Waals surface area contributed by atoms with E-state index in [1.54, 1.807) is 4.57 Å². The number of aromatic nitrogens is 3. The van der Waals surface area contributed by atoms with Gasteiger partial charge in [-0.3, -0.25) is 9.36 Å². The third-order valence-corrected chi connectivity index (χ3v) is 5.32. The van der Waals surface area contributed by atoms with Crippen LogP contribution in [0.1, 0.15) is 32.8 Å². The summed E-state index contributed by atoms with van der Waals surface area (Å²) in [7, 11) is 0. The number of aromatic amines is 1. The van der Waals surface area contributed by atoms with Crippen LogP contribution >= 0.6 is 11.8 Å². The molecular formula is C17H22N4O2S. The highest BCUT2D eigenvalue weighted by molar-refractivity contribution is 8.00. The number of carbonyl (C=O) groups is 1. The Balaban J connectivity index is 1.80. The van der Waals surface area contributed by atoms with Crippen molar-refractivity contribution < 1.29 is 4.79 Å². The van der Waals surface area contributed by atoms with E-state index in [0.29, 0.717) is 11.7 Å². The lowest BCUT2D eigenvalue weighted by Gasteiger charge is -2.25. The molecule has 1 amide bonds. The number of H-pyrrole nitrogens is 1. The molecule has 3 rings (SSSR count). The summed E-state index contributed by atoms with van der Waals surface area (Å²) in [4.78, 5) is 26.6. The molecule has 0 saturated carbocycles. The van der Waals surface area contributed by atoms with Crippen molar-refractivity contribution in [3.05, 3.63) is 40.3 Å². The zero-order chi connectivity index (χ0) is 17.3. The van der Waals surface area contributed by atoms with Crippen molar-refractivity contribution in [2.45, 2.75) is 56.6 Å². The van der Waals surface area contributed by atoms with Gasteiger partial charge in [-0.25, -0.2) is 9.89 Å². The van der Waals surface area contributed by atoms with Crippen LogP contribution in [-0.2, 0) is 17.8 Å². The molecule has 0 unspecified atom stereocenters. The Hall–Kier alpha value is -2.02. The van der Waals surface area contributed by atoms with Gasteiger partial charge in [-0.2, -0.15) is 0 Å². The lowest BCUT2D eigenvalue weighted by molar-refractivity contribution is -0.118. The molecule has 24 heavy (non-hydrogen) atoms. The van der Waals surface area contributed by atoms with Crippen molar-refractivity contribution in [1.29, 1.82) is 0 Å². The Morgan fingerprint density at radius 3 is 2.96 bits per heavy atom. The van der Waals surface area contributed by atoms with E-state index in [-0.39, 0.29) is 22.9 Å². The smallest absolute Gasteiger partial charge is 0.308 e. The molecule has 0 radical (unpaired) electrons. The predicted octanol–water partition coefficient (Wildman–Crippen LogP) is 2.44. The van der Waals surface area contributed by atoms with E-state index in [4.69, 9.17) is 0 Å². The Labute approximate surface area is 145 Å². The quantitative estimate of drug-likeness (QED) is 0.844. The maximum absolute atomic E-state index is 13.0. The Kier molecular flexibility index (Phi) is 4.80. The summed E-state index contributed by atoms with van der Waals surface area (Å²) < 4.78 is 1.59. The summed E-state index contributed by atoms with van der Waals surface area (Å²) in [5.41, 5.74) is 1.98. The van der Waals surface area contributed by atoms with Gasteiger partial charge in [0.15, 0.2) is 5.16 Å². The Bertz CT molecular complexity index is 798. The molecule has 1 aromatic carbocycles. The van der Waals surface area contributed by atoms with Crippen LogP contribution in [0.3, 0.4) is 0 Å². The largest absolute Gasteiger partial charge is 0.343 e. The summed E-state index contributed by atoms with van der Waals surface area (Å²) in [6.45, 7) is 6.54. The molecule has 0 saturated heterocycles. The summed E-state index contributed by atoms with van der Waals surface area (Å²) in [5, 5.41) is 6.79.